The van der Waals surface area contributed by atoms with Gasteiger partial charge in [0.25, 0.3) is 15.9 Å². The van der Waals surface area contributed by atoms with Crippen molar-refractivity contribution in [2.24, 2.45) is 0 Å². The first-order chi connectivity index (χ1) is 10.4. The number of nitrogens with zero attached hydrogens (tertiary/aromatic N) is 1. The van der Waals surface area contributed by atoms with Crippen molar-refractivity contribution in [1.29, 1.82) is 0 Å². The maximum atomic E-state index is 12.5. The van der Waals surface area contributed by atoms with Crippen LogP contribution in [0.4, 0.5) is 5.69 Å². The van der Waals surface area contributed by atoms with Crippen LogP contribution in [0.25, 0.3) is 10.9 Å². The molecule has 0 bridgehead atoms. The SMILES string of the molecule is CNS(=O)(=O)c1ccc(C(=O)n2ccc3cc(N)ccc32)o1. The third-order valence-corrected chi connectivity index (χ3v) is 4.55. The Bertz CT molecular complexity index is 969. The van der Waals surface area contributed by atoms with Gasteiger partial charge in [-0.2, -0.15) is 0 Å². The summed E-state index contributed by atoms with van der Waals surface area (Å²) in [6.07, 6.45) is 1.58. The first-order valence-corrected chi connectivity index (χ1v) is 7.85. The van der Waals surface area contributed by atoms with E-state index in [4.69, 9.17) is 10.2 Å². The molecular formula is C14H13N3O4S. The fraction of sp³-hybridized carbons (Fsp3) is 0.0714. The Morgan fingerprint density at radius 1 is 1.23 bits per heavy atom. The number of sulfonamides is 1. The Kier molecular flexibility index (Phi) is 3.27. The normalized spacial score (nSPS) is 11.9. The molecule has 1 aromatic carbocycles. The summed E-state index contributed by atoms with van der Waals surface area (Å²) in [4.78, 5) is 12.5. The van der Waals surface area contributed by atoms with Gasteiger partial charge in [-0.05, 0) is 43.4 Å². The molecule has 114 valence electrons. The molecular weight excluding hydrogens is 306 g/mol. The number of benzene rings is 1. The number of hydrogen-bond acceptors (Lipinski definition) is 5. The topological polar surface area (TPSA) is 107 Å². The maximum Gasteiger partial charge on any atom is 0.298 e. The van der Waals surface area contributed by atoms with E-state index in [1.54, 1.807) is 30.5 Å². The zero-order valence-electron chi connectivity index (χ0n) is 11.6. The number of carbonyl (C=O) groups excluding carboxylic acids is 1. The minimum atomic E-state index is -3.72. The second kappa shape index (κ2) is 5.00. The molecule has 2 aromatic heterocycles. The monoisotopic (exact) mass is 319 g/mol. The molecule has 22 heavy (non-hydrogen) atoms. The van der Waals surface area contributed by atoms with Crippen LogP contribution in [0.5, 0.6) is 0 Å². The Morgan fingerprint density at radius 3 is 2.73 bits per heavy atom. The minimum Gasteiger partial charge on any atom is -0.438 e. The van der Waals surface area contributed by atoms with Gasteiger partial charge in [0, 0.05) is 17.3 Å². The van der Waals surface area contributed by atoms with Gasteiger partial charge in [-0.3, -0.25) is 9.36 Å². The number of fused-ring (bicyclic) bond motifs is 1. The standard InChI is InChI=1S/C14H13N3O4S/c1-16-22(19,20)13-5-4-12(21-13)14(18)17-7-6-9-8-10(15)2-3-11(9)17/h2-8,16H,15H2,1H3. The van der Waals surface area contributed by atoms with E-state index in [1.165, 1.54) is 23.7 Å². The molecule has 0 saturated carbocycles. The molecule has 0 amide bonds. The summed E-state index contributed by atoms with van der Waals surface area (Å²) in [5.41, 5.74) is 6.96. The predicted molar refractivity (Wildman–Crippen MR) is 81.0 cm³/mol. The van der Waals surface area contributed by atoms with E-state index in [0.29, 0.717) is 11.2 Å². The van der Waals surface area contributed by atoms with Crippen LogP contribution in [0.2, 0.25) is 0 Å². The Morgan fingerprint density at radius 2 is 2.00 bits per heavy atom. The van der Waals surface area contributed by atoms with Gasteiger partial charge >= 0.3 is 0 Å². The first-order valence-electron chi connectivity index (χ1n) is 6.37. The summed E-state index contributed by atoms with van der Waals surface area (Å²) >= 11 is 0. The van der Waals surface area contributed by atoms with Crippen molar-refractivity contribution in [3.8, 4) is 0 Å². The summed E-state index contributed by atoms with van der Waals surface area (Å²) in [7, 11) is -2.46. The van der Waals surface area contributed by atoms with Gasteiger partial charge in [-0.25, -0.2) is 13.1 Å². The molecule has 0 aliphatic carbocycles. The predicted octanol–water partition coefficient (Wildman–Crippen LogP) is 1.41. The van der Waals surface area contributed by atoms with Crippen molar-refractivity contribution in [3.05, 3.63) is 48.4 Å². The lowest BCUT2D eigenvalue weighted by Crippen LogP contribution is -2.18. The number of rotatable bonds is 3. The van der Waals surface area contributed by atoms with Gasteiger partial charge in [-0.1, -0.05) is 0 Å². The van der Waals surface area contributed by atoms with Crippen LogP contribution >= 0.6 is 0 Å². The summed E-state index contributed by atoms with van der Waals surface area (Å²) in [6, 6.07) is 9.47. The van der Waals surface area contributed by atoms with Gasteiger partial charge < -0.3 is 10.2 Å². The smallest absolute Gasteiger partial charge is 0.298 e. The number of furan rings is 1. The molecule has 2 heterocycles. The number of aromatic nitrogens is 1. The molecule has 7 nitrogen and oxygen atoms in total. The minimum absolute atomic E-state index is 0.0665. The second-order valence-electron chi connectivity index (χ2n) is 4.64. The van der Waals surface area contributed by atoms with E-state index in [1.807, 2.05) is 0 Å². The molecule has 3 aromatic rings. The van der Waals surface area contributed by atoms with Crippen LogP contribution in [-0.4, -0.2) is 25.9 Å². The van der Waals surface area contributed by atoms with Crippen LogP contribution in [0.1, 0.15) is 10.6 Å². The van der Waals surface area contributed by atoms with Gasteiger partial charge in [0.1, 0.15) is 0 Å². The van der Waals surface area contributed by atoms with Gasteiger partial charge in [0.2, 0.25) is 5.09 Å². The average Bonchev–Trinajstić information content (AvgIpc) is 3.13. The fourth-order valence-corrected chi connectivity index (χ4v) is 2.78. The molecule has 0 aliphatic heterocycles. The highest BCUT2D eigenvalue weighted by Gasteiger charge is 2.21. The Hall–Kier alpha value is -2.58. The zero-order valence-corrected chi connectivity index (χ0v) is 12.4. The van der Waals surface area contributed by atoms with Crippen LogP contribution in [0.3, 0.4) is 0 Å². The van der Waals surface area contributed by atoms with E-state index in [0.717, 1.165) is 5.39 Å². The highest BCUT2D eigenvalue weighted by Crippen LogP contribution is 2.21. The lowest BCUT2D eigenvalue weighted by Gasteiger charge is -2.02. The highest BCUT2D eigenvalue weighted by atomic mass is 32.2. The second-order valence-corrected chi connectivity index (χ2v) is 6.45. The van der Waals surface area contributed by atoms with Gasteiger partial charge in [0.15, 0.2) is 5.76 Å². The Labute approximate surface area is 126 Å². The van der Waals surface area contributed by atoms with Crippen molar-refractivity contribution in [3.63, 3.8) is 0 Å². The lowest BCUT2D eigenvalue weighted by atomic mass is 10.2. The third-order valence-electron chi connectivity index (χ3n) is 3.26. The molecule has 0 aliphatic rings. The molecule has 0 radical (unpaired) electrons. The van der Waals surface area contributed by atoms with Crippen LogP contribution in [0.15, 0.2) is 52.1 Å². The average molecular weight is 319 g/mol. The summed E-state index contributed by atoms with van der Waals surface area (Å²) in [6.45, 7) is 0. The zero-order chi connectivity index (χ0) is 15.9. The van der Waals surface area contributed by atoms with Gasteiger partial charge in [0.05, 0.1) is 5.52 Å². The van der Waals surface area contributed by atoms with E-state index in [-0.39, 0.29) is 10.9 Å². The van der Waals surface area contributed by atoms with Crippen molar-refractivity contribution < 1.29 is 17.6 Å². The fourth-order valence-electron chi connectivity index (χ4n) is 2.14. The Balaban J connectivity index is 2.03. The highest BCUT2D eigenvalue weighted by molar-refractivity contribution is 7.89. The maximum absolute atomic E-state index is 12.5. The van der Waals surface area contributed by atoms with Crippen molar-refractivity contribution in [1.82, 2.24) is 9.29 Å². The number of nitrogen functional groups attached to an aromatic ring is 1. The molecule has 3 N–H and O–H groups in total. The van der Waals surface area contributed by atoms with Crippen LogP contribution in [-0.2, 0) is 10.0 Å². The van der Waals surface area contributed by atoms with E-state index >= 15 is 0 Å². The molecule has 0 atom stereocenters. The van der Waals surface area contributed by atoms with Crippen molar-refractivity contribution >= 4 is 32.5 Å². The quantitative estimate of drug-likeness (QED) is 0.710. The van der Waals surface area contributed by atoms with Crippen LogP contribution in [0, 0.1) is 0 Å². The lowest BCUT2D eigenvalue weighted by molar-refractivity contribution is 0.0932. The van der Waals surface area contributed by atoms with Crippen molar-refractivity contribution in [2.45, 2.75) is 5.09 Å². The van der Waals surface area contributed by atoms with Gasteiger partial charge in [-0.15, -0.1) is 0 Å². The molecule has 0 spiro atoms. The number of anilines is 1. The summed E-state index contributed by atoms with van der Waals surface area (Å²) < 4.78 is 31.9. The molecule has 0 fully saturated rings. The number of nitrogens with one attached hydrogen (secondary N) is 1. The van der Waals surface area contributed by atoms with Crippen LogP contribution < -0.4 is 10.5 Å². The molecule has 3 rings (SSSR count). The number of nitrogens with two attached hydrogens (primary N) is 1. The van der Waals surface area contributed by atoms with E-state index in [2.05, 4.69) is 4.72 Å². The number of hydrogen-bond donors (Lipinski definition) is 2. The molecule has 0 saturated heterocycles. The van der Waals surface area contributed by atoms with E-state index in [9.17, 15) is 13.2 Å². The van der Waals surface area contributed by atoms with Crippen molar-refractivity contribution in [2.75, 3.05) is 12.8 Å². The summed E-state index contributed by atoms with van der Waals surface area (Å²) in [5.74, 6) is -0.527. The molecule has 8 heteroatoms. The first kappa shape index (κ1) is 14.4. The largest absolute Gasteiger partial charge is 0.438 e. The summed E-state index contributed by atoms with van der Waals surface area (Å²) in [5, 5.41) is 0.502. The third kappa shape index (κ3) is 2.28. The number of carbonyl (C=O) groups is 1. The van der Waals surface area contributed by atoms with E-state index < -0.39 is 15.9 Å². The molecule has 0 unspecified atom stereocenters.